The third-order valence-electron chi connectivity index (χ3n) is 3.95. The van der Waals surface area contributed by atoms with Crippen LogP contribution in [-0.2, 0) is 11.3 Å². The van der Waals surface area contributed by atoms with Gasteiger partial charge in [0.1, 0.15) is 11.9 Å². The molecule has 110 valence electrons. The monoisotopic (exact) mass is 280 g/mol. The van der Waals surface area contributed by atoms with Crippen molar-refractivity contribution in [3.05, 3.63) is 35.1 Å². The number of aryl methyl sites for hydroxylation is 1. The Labute approximate surface area is 118 Å². The van der Waals surface area contributed by atoms with Crippen LogP contribution in [-0.4, -0.2) is 53.1 Å². The molecule has 1 fully saturated rings. The van der Waals surface area contributed by atoms with Crippen LogP contribution in [0.5, 0.6) is 0 Å². The minimum absolute atomic E-state index is 0.166. The zero-order chi connectivity index (χ0) is 14.7. The van der Waals surface area contributed by atoms with Gasteiger partial charge in [0.05, 0.1) is 0 Å². The molecular weight excluding hydrogens is 259 g/mol. The van der Waals surface area contributed by atoms with Gasteiger partial charge in [-0.1, -0.05) is 12.1 Å². The topological polar surface area (TPSA) is 43.8 Å². The minimum Gasteiger partial charge on any atom is -0.480 e. The molecule has 2 rings (SSSR count). The summed E-state index contributed by atoms with van der Waals surface area (Å²) in [4.78, 5) is 15.1. The summed E-state index contributed by atoms with van der Waals surface area (Å²) in [6, 6.07) is 4.90. The molecule has 0 aromatic heterocycles. The fraction of sp³-hybridized carbons (Fsp3) is 0.533. The van der Waals surface area contributed by atoms with E-state index in [1.54, 1.807) is 26.0 Å². The molecule has 0 spiro atoms. The second-order valence-corrected chi connectivity index (χ2v) is 5.41. The molecule has 1 saturated heterocycles. The third-order valence-corrected chi connectivity index (χ3v) is 3.95. The first-order chi connectivity index (χ1) is 9.47. The van der Waals surface area contributed by atoms with E-state index in [4.69, 9.17) is 5.11 Å². The molecule has 1 N–H and O–H groups in total. The molecule has 1 aliphatic rings. The Morgan fingerprint density at radius 2 is 2.00 bits per heavy atom. The average molecular weight is 280 g/mol. The molecule has 4 nitrogen and oxygen atoms in total. The second-order valence-electron chi connectivity index (χ2n) is 5.41. The number of carbonyl (C=O) groups is 1. The average Bonchev–Trinajstić information content (AvgIpc) is 2.43. The summed E-state index contributed by atoms with van der Waals surface area (Å²) in [6.07, 6.45) is 0. The van der Waals surface area contributed by atoms with Crippen molar-refractivity contribution in [1.82, 2.24) is 9.80 Å². The van der Waals surface area contributed by atoms with Gasteiger partial charge in [-0.2, -0.15) is 0 Å². The van der Waals surface area contributed by atoms with Gasteiger partial charge in [0.15, 0.2) is 0 Å². The van der Waals surface area contributed by atoms with E-state index >= 15 is 0 Å². The number of nitrogens with zero attached hydrogens (tertiary/aromatic N) is 2. The maximum atomic E-state index is 13.5. The van der Waals surface area contributed by atoms with Crippen LogP contribution in [0.25, 0.3) is 0 Å². The van der Waals surface area contributed by atoms with Crippen molar-refractivity contribution in [3.8, 4) is 0 Å². The number of piperazine rings is 1. The second kappa shape index (κ2) is 6.33. The summed E-state index contributed by atoms with van der Waals surface area (Å²) < 4.78 is 13.5. The van der Waals surface area contributed by atoms with Gasteiger partial charge in [-0.15, -0.1) is 0 Å². The summed E-state index contributed by atoms with van der Waals surface area (Å²) in [5.41, 5.74) is 1.63. The SMILES string of the molecule is Cc1ccc(CN2CCN(C(C)C(=O)O)CC2)cc1F. The molecule has 1 atom stereocenters. The van der Waals surface area contributed by atoms with Gasteiger partial charge in [0.25, 0.3) is 0 Å². The van der Waals surface area contributed by atoms with Crippen LogP contribution in [0, 0.1) is 12.7 Å². The highest BCUT2D eigenvalue weighted by atomic mass is 19.1. The van der Waals surface area contributed by atoms with Gasteiger partial charge >= 0.3 is 5.97 Å². The Bertz CT molecular complexity index is 485. The van der Waals surface area contributed by atoms with E-state index in [1.165, 1.54) is 0 Å². The summed E-state index contributed by atoms with van der Waals surface area (Å²) >= 11 is 0. The predicted octanol–water partition coefficient (Wildman–Crippen LogP) is 1.72. The normalized spacial score (nSPS) is 18.9. The van der Waals surface area contributed by atoms with Gasteiger partial charge < -0.3 is 5.11 Å². The highest BCUT2D eigenvalue weighted by molar-refractivity contribution is 5.72. The van der Waals surface area contributed by atoms with Crippen LogP contribution in [0.4, 0.5) is 4.39 Å². The molecule has 1 aromatic rings. The standard InChI is InChI=1S/C15H21FN2O2/c1-11-3-4-13(9-14(11)16)10-17-5-7-18(8-6-17)12(2)15(19)20/h3-4,9,12H,5-8,10H2,1-2H3,(H,19,20). The number of halogens is 1. The molecular formula is C15H21FN2O2. The zero-order valence-corrected chi connectivity index (χ0v) is 12.0. The van der Waals surface area contributed by atoms with Gasteiger partial charge in [0.2, 0.25) is 0 Å². The lowest BCUT2D eigenvalue weighted by atomic mass is 10.1. The third kappa shape index (κ3) is 3.55. The van der Waals surface area contributed by atoms with Crippen molar-refractivity contribution in [3.63, 3.8) is 0 Å². The summed E-state index contributed by atoms with van der Waals surface area (Å²) in [7, 11) is 0. The van der Waals surface area contributed by atoms with E-state index in [9.17, 15) is 9.18 Å². The fourth-order valence-corrected chi connectivity index (χ4v) is 2.46. The van der Waals surface area contributed by atoms with E-state index in [0.717, 1.165) is 31.7 Å². The summed E-state index contributed by atoms with van der Waals surface area (Å²) in [6.45, 7) is 7.29. The number of carboxylic acid groups (broad SMARTS) is 1. The zero-order valence-electron chi connectivity index (χ0n) is 12.0. The molecule has 0 bridgehead atoms. The molecule has 0 saturated carbocycles. The van der Waals surface area contributed by atoms with Gasteiger partial charge in [-0.25, -0.2) is 4.39 Å². The molecule has 1 heterocycles. The van der Waals surface area contributed by atoms with Gasteiger partial charge in [-0.3, -0.25) is 14.6 Å². The Morgan fingerprint density at radius 3 is 2.55 bits per heavy atom. The van der Waals surface area contributed by atoms with Crippen molar-refractivity contribution in [2.45, 2.75) is 26.4 Å². The smallest absolute Gasteiger partial charge is 0.320 e. The molecule has 0 amide bonds. The summed E-state index contributed by atoms with van der Waals surface area (Å²) in [5, 5.41) is 8.99. The predicted molar refractivity (Wildman–Crippen MR) is 75.1 cm³/mol. The van der Waals surface area contributed by atoms with Crippen LogP contribution in [0.2, 0.25) is 0 Å². The first kappa shape index (κ1) is 14.9. The van der Waals surface area contributed by atoms with Gasteiger partial charge in [0, 0.05) is 32.7 Å². The van der Waals surface area contributed by atoms with Crippen LogP contribution in [0.3, 0.4) is 0 Å². The molecule has 1 unspecified atom stereocenters. The molecule has 0 radical (unpaired) electrons. The van der Waals surface area contributed by atoms with E-state index in [2.05, 4.69) is 4.90 Å². The maximum Gasteiger partial charge on any atom is 0.320 e. The molecule has 1 aromatic carbocycles. The van der Waals surface area contributed by atoms with Crippen molar-refractivity contribution in [1.29, 1.82) is 0 Å². The van der Waals surface area contributed by atoms with Crippen molar-refractivity contribution in [2.24, 2.45) is 0 Å². The van der Waals surface area contributed by atoms with E-state index in [0.29, 0.717) is 12.1 Å². The quantitative estimate of drug-likeness (QED) is 0.912. The number of rotatable bonds is 4. The molecule has 0 aliphatic carbocycles. The molecule has 20 heavy (non-hydrogen) atoms. The van der Waals surface area contributed by atoms with Crippen molar-refractivity contribution < 1.29 is 14.3 Å². The lowest BCUT2D eigenvalue weighted by Gasteiger charge is -2.36. The first-order valence-electron chi connectivity index (χ1n) is 6.91. The van der Waals surface area contributed by atoms with Crippen molar-refractivity contribution >= 4 is 5.97 Å². The lowest BCUT2D eigenvalue weighted by Crippen LogP contribution is -2.51. The number of carboxylic acids is 1. The van der Waals surface area contributed by atoms with Crippen LogP contribution >= 0.6 is 0 Å². The van der Waals surface area contributed by atoms with Gasteiger partial charge in [-0.05, 0) is 31.0 Å². The van der Waals surface area contributed by atoms with Crippen LogP contribution in [0.1, 0.15) is 18.1 Å². The largest absolute Gasteiger partial charge is 0.480 e. The van der Waals surface area contributed by atoms with E-state index in [-0.39, 0.29) is 5.82 Å². The number of aliphatic carboxylic acids is 1. The van der Waals surface area contributed by atoms with E-state index < -0.39 is 12.0 Å². The number of benzene rings is 1. The van der Waals surface area contributed by atoms with Crippen molar-refractivity contribution in [2.75, 3.05) is 26.2 Å². The number of hydrogen-bond acceptors (Lipinski definition) is 3. The maximum absolute atomic E-state index is 13.5. The highest BCUT2D eigenvalue weighted by Gasteiger charge is 2.25. The summed E-state index contributed by atoms with van der Waals surface area (Å²) in [5.74, 6) is -0.945. The Kier molecular flexibility index (Phi) is 4.73. The fourth-order valence-electron chi connectivity index (χ4n) is 2.46. The molecule has 1 aliphatic heterocycles. The Balaban J connectivity index is 1.88. The highest BCUT2D eigenvalue weighted by Crippen LogP contribution is 2.14. The number of hydrogen-bond donors (Lipinski definition) is 1. The minimum atomic E-state index is -0.779. The lowest BCUT2D eigenvalue weighted by molar-refractivity contribution is -0.143. The molecule has 5 heteroatoms. The Hall–Kier alpha value is -1.46. The van der Waals surface area contributed by atoms with Crippen LogP contribution < -0.4 is 0 Å². The Morgan fingerprint density at radius 1 is 1.35 bits per heavy atom. The first-order valence-corrected chi connectivity index (χ1v) is 6.91. The van der Waals surface area contributed by atoms with E-state index in [1.807, 2.05) is 11.0 Å². The van der Waals surface area contributed by atoms with Crippen LogP contribution in [0.15, 0.2) is 18.2 Å².